The molecule has 2 aromatic rings. The largest absolute Gasteiger partial charge is 0.324 e. The van der Waals surface area contributed by atoms with Crippen LogP contribution in [0.4, 0.5) is 22.0 Å². The van der Waals surface area contributed by atoms with E-state index in [0.29, 0.717) is 5.82 Å². The van der Waals surface area contributed by atoms with Gasteiger partial charge in [0.2, 0.25) is 0 Å². The monoisotopic (exact) mass is 295 g/mol. The number of benzene rings is 1. The molecule has 104 valence electrons. The van der Waals surface area contributed by atoms with E-state index in [1.165, 1.54) is 18.2 Å². The Kier molecular flexibility index (Phi) is 3.85. The molecule has 20 heavy (non-hydrogen) atoms. The maximum atomic E-state index is 11.7. The average molecular weight is 296 g/mol. The van der Waals surface area contributed by atoms with Gasteiger partial charge in [0, 0.05) is 17.7 Å². The molecule has 1 aromatic heterocycles. The number of amides is 2. The lowest BCUT2D eigenvalue weighted by Crippen LogP contribution is -2.20. The standard InChI is InChI=1S/C11H10ClN5O3/c1-6-5-13-16-10(6)15-11(18)14-9-3-2-7(17(19)20)4-8(9)12/h2-5H,1H3,(H3,13,14,15,16,18). The number of urea groups is 1. The molecule has 0 aliphatic carbocycles. The third kappa shape index (κ3) is 3.04. The maximum Gasteiger partial charge on any atom is 0.324 e. The van der Waals surface area contributed by atoms with Gasteiger partial charge < -0.3 is 5.32 Å². The van der Waals surface area contributed by atoms with Crippen molar-refractivity contribution in [3.63, 3.8) is 0 Å². The molecule has 0 bridgehead atoms. The minimum Gasteiger partial charge on any atom is -0.306 e. The first-order valence-corrected chi connectivity index (χ1v) is 5.87. The number of anilines is 2. The molecule has 0 aliphatic rings. The molecule has 9 heteroatoms. The summed E-state index contributed by atoms with van der Waals surface area (Å²) in [6, 6.07) is 3.25. The molecule has 2 amide bonds. The number of H-pyrrole nitrogens is 1. The van der Waals surface area contributed by atoms with E-state index in [9.17, 15) is 14.9 Å². The van der Waals surface area contributed by atoms with Crippen molar-refractivity contribution < 1.29 is 9.72 Å². The summed E-state index contributed by atoms with van der Waals surface area (Å²) in [6.07, 6.45) is 1.56. The van der Waals surface area contributed by atoms with Crippen LogP contribution in [0.25, 0.3) is 0 Å². The van der Waals surface area contributed by atoms with Gasteiger partial charge >= 0.3 is 6.03 Å². The van der Waals surface area contributed by atoms with E-state index in [2.05, 4.69) is 20.8 Å². The lowest BCUT2D eigenvalue weighted by Gasteiger charge is -2.08. The molecular formula is C11H10ClN5O3. The summed E-state index contributed by atoms with van der Waals surface area (Å²) in [4.78, 5) is 21.7. The van der Waals surface area contributed by atoms with Crippen molar-refractivity contribution >= 4 is 34.8 Å². The number of halogens is 1. The van der Waals surface area contributed by atoms with Gasteiger partial charge in [-0.1, -0.05) is 11.6 Å². The first-order chi connectivity index (χ1) is 9.47. The number of non-ortho nitro benzene ring substituents is 1. The number of rotatable bonds is 3. The van der Waals surface area contributed by atoms with E-state index in [1.807, 2.05) is 0 Å². The Morgan fingerprint density at radius 2 is 2.20 bits per heavy atom. The third-order valence-corrected chi connectivity index (χ3v) is 2.79. The highest BCUT2D eigenvalue weighted by atomic mass is 35.5. The minimum atomic E-state index is -0.566. The van der Waals surface area contributed by atoms with Crippen LogP contribution in [-0.4, -0.2) is 21.2 Å². The maximum absolute atomic E-state index is 11.7. The summed E-state index contributed by atoms with van der Waals surface area (Å²) in [6.45, 7) is 1.78. The quantitative estimate of drug-likeness (QED) is 0.596. The molecule has 1 aromatic carbocycles. The van der Waals surface area contributed by atoms with Crippen molar-refractivity contribution in [2.75, 3.05) is 10.6 Å². The van der Waals surface area contributed by atoms with Crippen LogP contribution in [0.3, 0.4) is 0 Å². The number of carbonyl (C=O) groups excluding carboxylic acids is 1. The molecule has 0 aliphatic heterocycles. The van der Waals surface area contributed by atoms with Crippen LogP contribution in [0.2, 0.25) is 5.02 Å². The zero-order chi connectivity index (χ0) is 14.7. The van der Waals surface area contributed by atoms with Crippen molar-refractivity contribution in [1.29, 1.82) is 0 Å². The Morgan fingerprint density at radius 3 is 2.75 bits per heavy atom. The number of nitro groups is 1. The van der Waals surface area contributed by atoms with Gasteiger partial charge in [-0.3, -0.25) is 20.5 Å². The highest BCUT2D eigenvalue weighted by Gasteiger charge is 2.12. The second-order valence-electron chi connectivity index (χ2n) is 3.93. The number of aromatic nitrogens is 2. The van der Waals surface area contributed by atoms with Crippen LogP contribution < -0.4 is 10.6 Å². The van der Waals surface area contributed by atoms with Gasteiger partial charge in [-0.2, -0.15) is 5.10 Å². The van der Waals surface area contributed by atoms with Crippen molar-refractivity contribution in [2.24, 2.45) is 0 Å². The SMILES string of the molecule is Cc1cn[nH]c1NC(=O)Nc1ccc([N+](=O)[O-])cc1Cl. The smallest absolute Gasteiger partial charge is 0.306 e. The molecule has 0 fully saturated rings. The van der Waals surface area contributed by atoms with Crippen LogP contribution in [0.5, 0.6) is 0 Å². The van der Waals surface area contributed by atoms with Gasteiger partial charge in [-0.05, 0) is 13.0 Å². The number of nitrogens with one attached hydrogen (secondary N) is 3. The van der Waals surface area contributed by atoms with Crippen molar-refractivity contribution in [3.8, 4) is 0 Å². The fourth-order valence-corrected chi connectivity index (χ4v) is 1.68. The van der Waals surface area contributed by atoms with Gasteiger partial charge in [-0.15, -0.1) is 0 Å². The summed E-state index contributed by atoms with van der Waals surface area (Å²) in [5.74, 6) is 0.459. The van der Waals surface area contributed by atoms with Gasteiger partial charge in [0.25, 0.3) is 5.69 Å². The molecular weight excluding hydrogens is 286 g/mol. The van der Waals surface area contributed by atoms with Crippen LogP contribution in [-0.2, 0) is 0 Å². The predicted molar refractivity (Wildman–Crippen MR) is 74.1 cm³/mol. The number of nitro benzene ring substituents is 1. The molecule has 0 radical (unpaired) electrons. The summed E-state index contributed by atoms with van der Waals surface area (Å²) in [5, 5.41) is 22.1. The zero-order valence-electron chi connectivity index (χ0n) is 10.3. The summed E-state index contributed by atoms with van der Waals surface area (Å²) >= 11 is 5.86. The van der Waals surface area contributed by atoms with Crippen LogP contribution >= 0.6 is 11.6 Å². The van der Waals surface area contributed by atoms with Crippen molar-refractivity contribution in [1.82, 2.24) is 10.2 Å². The summed E-state index contributed by atoms with van der Waals surface area (Å²) < 4.78 is 0. The molecule has 1 heterocycles. The summed E-state index contributed by atoms with van der Waals surface area (Å²) in [5.41, 5.74) is 0.896. The molecule has 3 N–H and O–H groups in total. The number of nitrogens with zero attached hydrogens (tertiary/aromatic N) is 2. The zero-order valence-corrected chi connectivity index (χ0v) is 11.1. The number of hydrogen-bond acceptors (Lipinski definition) is 4. The second-order valence-corrected chi connectivity index (χ2v) is 4.34. The van der Waals surface area contributed by atoms with Gasteiger partial charge in [-0.25, -0.2) is 4.79 Å². The first kappa shape index (κ1) is 13.8. The number of hydrogen-bond donors (Lipinski definition) is 3. The Bertz CT molecular complexity index is 670. The van der Waals surface area contributed by atoms with Crippen LogP contribution in [0, 0.1) is 17.0 Å². The highest BCUT2D eigenvalue weighted by molar-refractivity contribution is 6.34. The Hall–Kier alpha value is -2.61. The van der Waals surface area contributed by atoms with E-state index in [4.69, 9.17) is 11.6 Å². The molecule has 0 spiro atoms. The topological polar surface area (TPSA) is 113 Å². The third-order valence-electron chi connectivity index (χ3n) is 2.48. The van der Waals surface area contributed by atoms with E-state index in [-0.39, 0.29) is 16.4 Å². The Morgan fingerprint density at radius 1 is 1.45 bits per heavy atom. The van der Waals surface area contributed by atoms with Gasteiger partial charge in [0.05, 0.1) is 21.8 Å². The second kappa shape index (κ2) is 5.57. The van der Waals surface area contributed by atoms with E-state index < -0.39 is 11.0 Å². The molecule has 0 saturated carbocycles. The van der Waals surface area contributed by atoms with E-state index in [1.54, 1.807) is 13.1 Å². The predicted octanol–water partition coefficient (Wildman–Crippen LogP) is 2.92. The van der Waals surface area contributed by atoms with Crippen LogP contribution in [0.15, 0.2) is 24.4 Å². The van der Waals surface area contributed by atoms with Gasteiger partial charge in [0.15, 0.2) is 0 Å². The first-order valence-electron chi connectivity index (χ1n) is 5.49. The lowest BCUT2D eigenvalue weighted by atomic mass is 10.3. The van der Waals surface area contributed by atoms with Crippen molar-refractivity contribution in [3.05, 3.63) is 45.1 Å². The summed E-state index contributed by atoms with van der Waals surface area (Å²) in [7, 11) is 0. The molecule has 0 unspecified atom stereocenters. The average Bonchev–Trinajstić information content (AvgIpc) is 2.77. The number of aryl methyl sites for hydroxylation is 1. The molecule has 8 nitrogen and oxygen atoms in total. The fourth-order valence-electron chi connectivity index (χ4n) is 1.46. The van der Waals surface area contributed by atoms with Crippen LogP contribution in [0.1, 0.15) is 5.56 Å². The highest BCUT2D eigenvalue weighted by Crippen LogP contribution is 2.26. The molecule has 0 saturated heterocycles. The van der Waals surface area contributed by atoms with Crippen molar-refractivity contribution in [2.45, 2.75) is 6.92 Å². The number of aromatic amines is 1. The fraction of sp³-hybridized carbons (Fsp3) is 0.0909. The molecule has 2 rings (SSSR count). The Labute approximate surface area is 118 Å². The number of carbonyl (C=O) groups is 1. The lowest BCUT2D eigenvalue weighted by molar-refractivity contribution is -0.384. The molecule has 0 atom stereocenters. The minimum absolute atomic E-state index is 0.0793. The van der Waals surface area contributed by atoms with Gasteiger partial charge in [0.1, 0.15) is 5.82 Å². The van der Waals surface area contributed by atoms with E-state index >= 15 is 0 Å². The Balaban J connectivity index is 2.08. The van der Waals surface area contributed by atoms with E-state index in [0.717, 1.165) is 5.56 Å². The normalized spacial score (nSPS) is 10.1.